The number of anilines is 1. The van der Waals surface area contributed by atoms with Crippen molar-refractivity contribution in [2.75, 3.05) is 5.32 Å². The molecule has 1 aromatic heterocycles. The van der Waals surface area contributed by atoms with Crippen LogP contribution >= 0.6 is 27.5 Å². The lowest BCUT2D eigenvalue weighted by atomic mass is 10.1. The van der Waals surface area contributed by atoms with Crippen LogP contribution in [0.15, 0.2) is 81.8 Å². The molecule has 4 nitrogen and oxygen atoms in total. The average molecular weight is 468 g/mol. The zero-order valence-electron chi connectivity index (χ0n) is 15.4. The first-order valence-corrected chi connectivity index (χ1v) is 10.1. The summed E-state index contributed by atoms with van der Waals surface area (Å²) in [5, 5.41) is 3.52. The van der Waals surface area contributed by atoms with Gasteiger partial charge < -0.3 is 9.73 Å². The predicted molar refractivity (Wildman–Crippen MR) is 119 cm³/mol. The van der Waals surface area contributed by atoms with Crippen molar-refractivity contribution in [2.45, 2.75) is 6.92 Å². The Kier molecular flexibility index (Phi) is 5.51. The van der Waals surface area contributed by atoms with Crippen LogP contribution in [0, 0.1) is 6.92 Å². The normalized spacial score (nSPS) is 10.7. The third-order valence-electron chi connectivity index (χ3n) is 4.53. The molecule has 1 amide bonds. The standard InChI is InChI=1S/C23H16BrClN2O2/c1-14-19(25)10-5-11-20(14)27-22(28)17-8-2-3-9-18(17)23-26-13-21(29-23)15-6-4-7-16(24)12-15/h2-13H,1H3,(H,27,28). The maximum absolute atomic E-state index is 13.0. The van der Waals surface area contributed by atoms with Crippen LogP contribution in [0.4, 0.5) is 5.69 Å². The highest BCUT2D eigenvalue weighted by atomic mass is 79.9. The fourth-order valence-corrected chi connectivity index (χ4v) is 3.55. The monoisotopic (exact) mass is 466 g/mol. The first kappa shape index (κ1) is 19.4. The highest BCUT2D eigenvalue weighted by Gasteiger charge is 2.18. The van der Waals surface area contributed by atoms with E-state index in [1.54, 1.807) is 30.5 Å². The van der Waals surface area contributed by atoms with Crippen LogP contribution in [0.3, 0.4) is 0 Å². The van der Waals surface area contributed by atoms with Gasteiger partial charge in [0.1, 0.15) is 0 Å². The first-order valence-electron chi connectivity index (χ1n) is 8.90. The molecule has 0 saturated carbocycles. The molecule has 0 spiro atoms. The number of carbonyl (C=O) groups is 1. The average Bonchev–Trinajstić information content (AvgIpc) is 3.21. The summed E-state index contributed by atoms with van der Waals surface area (Å²) in [6.45, 7) is 1.86. The Morgan fingerprint density at radius 3 is 2.69 bits per heavy atom. The molecule has 0 aliphatic rings. The van der Waals surface area contributed by atoms with Gasteiger partial charge in [-0.2, -0.15) is 0 Å². The van der Waals surface area contributed by atoms with E-state index >= 15 is 0 Å². The van der Waals surface area contributed by atoms with Gasteiger partial charge in [-0.25, -0.2) is 4.98 Å². The Bertz CT molecular complexity index is 1200. The molecule has 0 unspecified atom stereocenters. The van der Waals surface area contributed by atoms with E-state index in [0.717, 1.165) is 15.6 Å². The van der Waals surface area contributed by atoms with Crippen LogP contribution in [-0.2, 0) is 0 Å². The van der Waals surface area contributed by atoms with Gasteiger partial charge in [0.15, 0.2) is 5.76 Å². The van der Waals surface area contributed by atoms with E-state index in [4.69, 9.17) is 16.0 Å². The fraction of sp³-hybridized carbons (Fsp3) is 0.0435. The van der Waals surface area contributed by atoms with Crippen molar-refractivity contribution in [1.82, 2.24) is 4.98 Å². The van der Waals surface area contributed by atoms with Gasteiger partial charge in [-0.1, -0.05) is 57.9 Å². The molecule has 1 N–H and O–H groups in total. The van der Waals surface area contributed by atoms with Crippen molar-refractivity contribution in [2.24, 2.45) is 0 Å². The Labute approximate surface area is 181 Å². The van der Waals surface area contributed by atoms with Gasteiger partial charge in [-0.15, -0.1) is 0 Å². The van der Waals surface area contributed by atoms with Crippen molar-refractivity contribution in [3.63, 3.8) is 0 Å². The molecule has 0 aliphatic heterocycles. The predicted octanol–water partition coefficient (Wildman–Crippen LogP) is 6.99. The third-order valence-corrected chi connectivity index (χ3v) is 5.44. The highest BCUT2D eigenvalue weighted by molar-refractivity contribution is 9.10. The summed E-state index contributed by atoms with van der Waals surface area (Å²) in [6.07, 6.45) is 1.66. The van der Waals surface area contributed by atoms with Crippen LogP contribution in [0.2, 0.25) is 5.02 Å². The number of aromatic nitrogens is 1. The quantitative estimate of drug-likeness (QED) is 0.352. The molecule has 144 valence electrons. The van der Waals surface area contributed by atoms with Crippen LogP contribution < -0.4 is 5.32 Å². The summed E-state index contributed by atoms with van der Waals surface area (Å²) in [4.78, 5) is 17.4. The van der Waals surface area contributed by atoms with Crippen molar-refractivity contribution in [1.29, 1.82) is 0 Å². The van der Waals surface area contributed by atoms with Crippen molar-refractivity contribution < 1.29 is 9.21 Å². The number of oxazole rings is 1. The summed E-state index contributed by atoms with van der Waals surface area (Å²) in [5.41, 5.74) is 3.46. The lowest BCUT2D eigenvalue weighted by Gasteiger charge is -2.11. The summed E-state index contributed by atoms with van der Waals surface area (Å²) < 4.78 is 6.91. The molecule has 3 aromatic carbocycles. The smallest absolute Gasteiger partial charge is 0.256 e. The minimum atomic E-state index is -0.256. The number of hydrogen-bond donors (Lipinski definition) is 1. The number of nitrogens with zero attached hydrogens (tertiary/aromatic N) is 1. The molecule has 0 atom stereocenters. The van der Waals surface area contributed by atoms with Crippen LogP contribution in [-0.4, -0.2) is 10.9 Å². The maximum atomic E-state index is 13.0. The Morgan fingerprint density at radius 2 is 1.86 bits per heavy atom. The van der Waals surface area contributed by atoms with Gasteiger partial charge >= 0.3 is 0 Å². The molecule has 0 saturated heterocycles. The van der Waals surface area contributed by atoms with Crippen molar-refractivity contribution >= 4 is 39.1 Å². The molecule has 4 aromatic rings. The number of hydrogen-bond acceptors (Lipinski definition) is 3. The second-order valence-corrected chi connectivity index (χ2v) is 7.77. The second kappa shape index (κ2) is 8.23. The number of nitrogens with one attached hydrogen (secondary N) is 1. The first-order chi connectivity index (χ1) is 14.0. The van der Waals surface area contributed by atoms with Gasteiger partial charge in [0.2, 0.25) is 5.89 Å². The minimum Gasteiger partial charge on any atom is -0.436 e. The summed E-state index contributed by atoms with van der Waals surface area (Å²) in [5.74, 6) is 0.754. The van der Waals surface area contributed by atoms with Crippen molar-refractivity contribution in [3.8, 4) is 22.8 Å². The molecule has 6 heteroatoms. The van der Waals surface area contributed by atoms with E-state index in [1.165, 1.54) is 0 Å². The maximum Gasteiger partial charge on any atom is 0.256 e. The second-order valence-electron chi connectivity index (χ2n) is 6.45. The summed E-state index contributed by atoms with van der Waals surface area (Å²) in [6, 6.07) is 20.4. The highest BCUT2D eigenvalue weighted by Crippen LogP contribution is 2.30. The van der Waals surface area contributed by atoms with Crippen LogP contribution in [0.1, 0.15) is 15.9 Å². The number of amides is 1. The zero-order chi connectivity index (χ0) is 20.4. The molecule has 0 bridgehead atoms. The molecular weight excluding hydrogens is 452 g/mol. The molecule has 0 fully saturated rings. The number of halogens is 2. The molecule has 4 rings (SSSR count). The summed E-state index contributed by atoms with van der Waals surface area (Å²) >= 11 is 9.62. The van der Waals surface area contributed by atoms with Gasteiger partial charge in [0.05, 0.1) is 11.8 Å². The van der Waals surface area contributed by atoms with Gasteiger partial charge in [0.25, 0.3) is 5.91 Å². The molecule has 0 radical (unpaired) electrons. The Morgan fingerprint density at radius 1 is 1.07 bits per heavy atom. The zero-order valence-corrected chi connectivity index (χ0v) is 17.8. The topological polar surface area (TPSA) is 55.1 Å². The van der Waals surface area contributed by atoms with Gasteiger partial charge in [-0.3, -0.25) is 4.79 Å². The van der Waals surface area contributed by atoms with E-state index in [2.05, 4.69) is 26.2 Å². The van der Waals surface area contributed by atoms with Crippen LogP contribution in [0.5, 0.6) is 0 Å². The Hall–Kier alpha value is -2.89. The largest absolute Gasteiger partial charge is 0.436 e. The van der Waals surface area contributed by atoms with Gasteiger partial charge in [0, 0.05) is 26.3 Å². The Balaban J connectivity index is 1.67. The lowest BCUT2D eigenvalue weighted by Crippen LogP contribution is -2.14. The number of carbonyl (C=O) groups excluding carboxylic acids is 1. The lowest BCUT2D eigenvalue weighted by molar-refractivity contribution is 0.102. The van der Waals surface area contributed by atoms with E-state index < -0.39 is 0 Å². The third kappa shape index (κ3) is 4.11. The number of rotatable bonds is 4. The molecular formula is C23H16BrClN2O2. The molecule has 1 heterocycles. The SMILES string of the molecule is Cc1c(Cl)cccc1NC(=O)c1ccccc1-c1ncc(-c2cccc(Br)c2)o1. The van der Waals surface area contributed by atoms with Gasteiger partial charge in [-0.05, 0) is 48.9 Å². The number of benzene rings is 3. The van der Waals surface area contributed by atoms with Crippen LogP contribution in [0.25, 0.3) is 22.8 Å². The van der Waals surface area contributed by atoms with E-state index in [0.29, 0.717) is 33.5 Å². The van der Waals surface area contributed by atoms with E-state index in [-0.39, 0.29) is 5.91 Å². The van der Waals surface area contributed by atoms with E-state index in [1.807, 2.05) is 49.4 Å². The molecule has 29 heavy (non-hydrogen) atoms. The summed E-state index contributed by atoms with van der Waals surface area (Å²) in [7, 11) is 0. The van der Waals surface area contributed by atoms with E-state index in [9.17, 15) is 4.79 Å². The molecule has 0 aliphatic carbocycles. The van der Waals surface area contributed by atoms with Crippen molar-refractivity contribution in [3.05, 3.63) is 93.5 Å². The fourth-order valence-electron chi connectivity index (χ4n) is 2.97. The minimum absolute atomic E-state index is 0.256.